The van der Waals surface area contributed by atoms with Gasteiger partial charge in [0.05, 0.1) is 25.7 Å². The largest absolute Gasteiger partial charge is 0.497 e. The molecule has 0 spiro atoms. The van der Waals surface area contributed by atoms with Gasteiger partial charge in [0.1, 0.15) is 16.4 Å². The Balaban J connectivity index is 1.92. The van der Waals surface area contributed by atoms with Gasteiger partial charge in [-0.05, 0) is 42.0 Å². The molecule has 35 heavy (non-hydrogen) atoms. The Morgan fingerprint density at radius 3 is 2.14 bits per heavy atom. The number of ether oxygens (including phenoxy) is 2. The van der Waals surface area contributed by atoms with E-state index in [0.717, 1.165) is 4.31 Å². The summed E-state index contributed by atoms with van der Waals surface area (Å²) in [5.41, 5.74) is 0.946. The Hall–Kier alpha value is -3.45. The number of primary sulfonamides is 1. The number of nitrogens with one attached hydrogen (secondary N) is 1. The van der Waals surface area contributed by atoms with E-state index in [1.165, 1.54) is 50.6 Å². The topological polar surface area (TPSA) is 145 Å². The van der Waals surface area contributed by atoms with E-state index >= 15 is 0 Å². The van der Waals surface area contributed by atoms with Crippen molar-refractivity contribution in [2.24, 2.45) is 5.14 Å². The van der Waals surface area contributed by atoms with Crippen molar-refractivity contribution < 1.29 is 31.1 Å². The number of methoxy groups -OCH3 is 2. The van der Waals surface area contributed by atoms with Crippen molar-refractivity contribution in [1.82, 2.24) is 4.31 Å². The van der Waals surface area contributed by atoms with Crippen LogP contribution < -0.4 is 19.9 Å². The first-order valence-corrected chi connectivity index (χ1v) is 13.2. The third kappa shape index (κ3) is 6.57. The van der Waals surface area contributed by atoms with Gasteiger partial charge in [-0.1, -0.05) is 30.3 Å². The summed E-state index contributed by atoms with van der Waals surface area (Å²) in [5, 5.41) is 7.66. The van der Waals surface area contributed by atoms with Gasteiger partial charge in [-0.3, -0.25) is 4.79 Å². The summed E-state index contributed by atoms with van der Waals surface area (Å²) in [4.78, 5) is 12.6. The minimum Gasteiger partial charge on any atom is -0.497 e. The minimum absolute atomic E-state index is 0.0820. The molecule has 0 saturated heterocycles. The number of nitrogens with two attached hydrogens (primary N) is 1. The zero-order chi connectivity index (χ0) is 25.6. The lowest BCUT2D eigenvalue weighted by molar-refractivity contribution is -0.116. The number of rotatable bonds is 10. The van der Waals surface area contributed by atoms with Gasteiger partial charge >= 0.3 is 0 Å². The first-order chi connectivity index (χ1) is 16.5. The maximum Gasteiger partial charge on any atom is 0.247 e. The van der Waals surface area contributed by atoms with Crippen LogP contribution in [-0.4, -0.2) is 47.8 Å². The van der Waals surface area contributed by atoms with Gasteiger partial charge in [-0.2, -0.15) is 4.31 Å². The fourth-order valence-electron chi connectivity index (χ4n) is 3.23. The molecule has 0 aromatic heterocycles. The second-order valence-electron chi connectivity index (χ2n) is 7.39. The number of sulfonamides is 2. The molecule has 1 amide bonds. The van der Waals surface area contributed by atoms with Crippen molar-refractivity contribution in [1.29, 1.82) is 0 Å². The molecule has 0 radical (unpaired) electrons. The van der Waals surface area contributed by atoms with Crippen LogP contribution >= 0.6 is 0 Å². The normalized spacial score (nSPS) is 11.8. The van der Waals surface area contributed by atoms with Crippen molar-refractivity contribution in [2.75, 3.05) is 26.1 Å². The molecule has 0 bridgehead atoms. The second kappa shape index (κ2) is 10.9. The van der Waals surface area contributed by atoms with E-state index in [9.17, 15) is 21.6 Å². The van der Waals surface area contributed by atoms with Crippen molar-refractivity contribution in [3.8, 4) is 11.5 Å². The van der Waals surface area contributed by atoms with E-state index in [2.05, 4.69) is 5.32 Å². The number of carbonyl (C=O) groups is 1. The Morgan fingerprint density at radius 1 is 0.914 bits per heavy atom. The van der Waals surface area contributed by atoms with E-state index in [-0.39, 0.29) is 27.8 Å². The van der Waals surface area contributed by atoms with Crippen LogP contribution in [0.1, 0.15) is 5.56 Å². The average molecular weight is 520 g/mol. The standard InChI is InChI=1S/C23H25N3O7S2/c1-32-19-10-13-21(33-2)22(14-19)35(30,31)26(15-17-6-4-3-5-7-17)16-23(27)25-18-8-11-20(12-9-18)34(24,28)29/h3-14H,15-16H2,1-2H3,(H,25,27)(H2,24,28,29). The summed E-state index contributed by atoms with van der Waals surface area (Å²) in [7, 11) is -5.34. The van der Waals surface area contributed by atoms with Crippen molar-refractivity contribution in [3.63, 3.8) is 0 Å². The highest BCUT2D eigenvalue weighted by atomic mass is 32.2. The number of amides is 1. The molecule has 3 rings (SSSR count). The number of carbonyl (C=O) groups excluding carboxylic acids is 1. The maximum absolute atomic E-state index is 13.7. The van der Waals surface area contributed by atoms with Crippen LogP contribution in [0.4, 0.5) is 5.69 Å². The molecule has 3 aromatic rings. The minimum atomic E-state index is -4.22. The smallest absolute Gasteiger partial charge is 0.247 e. The fraction of sp³-hybridized carbons (Fsp3) is 0.174. The molecule has 186 valence electrons. The van der Waals surface area contributed by atoms with Gasteiger partial charge in [0.25, 0.3) is 0 Å². The van der Waals surface area contributed by atoms with E-state index in [1.54, 1.807) is 36.4 Å². The van der Waals surface area contributed by atoms with Gasteiger partial charge < -0.3 is 14.8 Å². The molecule has 0 heterocycles. The monoisotopic (exact) mass is 519 g/mol. The SMILES string of the molecule is COc1ccc(OC)c(S(=O)(=O)N(CC(=O)Nc2ccc(S(N)(=O)=O)cc2)Cc2ccccc2)c1. The summed E-state index contributed by atoms with van der Waals surface area (Å²) in [6, 6.07) is 18.4. The van der Waals surface area contributed by atoms with Crippen molar-refractivity contribution in [3.05, 3.63) is 78.4 Å². The molecule has 3 aromatic carbocycles. The lowest BCUT2D eigenvalue weighted by Crippen LogP contribution is -2.37. The van der Waals surface area contributed by atoms with E-state index in [4.69, 9.17) is 14.6 Å². The van der Waals surface area contributed by atoms with Gasteiger partial charge in [-0.15, -0.1) is 0 Å². The van der Waals surface area contributed by atoms with Gasteiger partial charge in [-0.25, -0.2) is 22.0 Å². The van der Waals surface area contributed by atoms with Crippen molar-refractivity contribution in [2.45, 2.75) is 16.3 Å². The maximum atomic E-state index is 13.7. The van der Waals surface area contributed by atoms with Gasteiger partial charge in [0, 0.05) is 18.3 Å². The summed E-state index contributed by atoms with van der Waals surface area (Å²) < 4.78 is 61.6. The number of anilines is 1. The molecule has 0 aliphatic rings. The average Bonchev–Trinajstić information content (AvgIpc) is 2.83. The van der Waals surface area contributed by atoms with Crippen molar-refractivity contribution >= 4 is 31.6 Å². The van der Waals surface area contributed by atoms with Crippen LogP contribution in [0.5, 0.6) is 11.5 Å². The molecule has 0 aliphatic heterocycles. The summed E-state index contributed by atoms with van der Waals surface area (Å²) in [6.07, 6.45) is 0. The first kappa shape index (κ1) is 26.2. The van der Waals surface area contributed by atoms with Crippen LogP contribution in [0.3, 0.4) is 0 Å². The molecule has 3 N–H and O–H groups in total. The summed E-state index contributed by atoms with van der Waals surface area (Å²) in [5.74, 6) is -0.221. The third-order valence-electron chi connectivity index (χ3n) is 4.98. The van der Waals surface area contributed by atoms with Crippen LogP contribution in [0, 0.1) is 0 Å². The van der Waals surface area contributed by atoms with E-state index in [1.807, 2.05) is 0 Å². The lowest BCUT2D eigenvalue weighted by atomic mass is 10.2. The molecular weight excluding hydrogens is 494 g/mol. The summed E-state index contributed by atoms with van der Waals surface area (Å²) >= 11 is 0. The van der Waals surface area contributed by atoms with E-state index in [0.29, 0.717) is 11.3 Å². The number of hydrogen-bond acceptors (Lipinski definition) is 7. The highest BCUT2D eigenvalue weighted by Crippen LogP contribution is 2.31. The first-order valence-electron chi connectivity index (χ1n) is 10.2. The van der Waals surface area contributed by atoms with Crippen LogP contribution in [-0.2, 0) is 31.4 Å². The quantitative estimate of drug-likeness (QED) is 0.418. The number of nitrogens with zero attached hydrogens (tertiary/aromatic N) is 1. The predicted octanol–water partition coefficient (Wildman–Crippen LogP) is 2.18. The molecule has 0 fully saturated rings. The van der Waals surface area contributed by atoms with Gasteiger partial charge in [0.15, 0.2) is 0 Å². The molecule has 12 heteroatoms. The second-order valence-corrected chi connectivity index (χ2v) is 10.9. The highest BCUT2D eigenvalue weighted by Gasteiger charge is 2.30. The van der Waals surface area contributed by atoms with E-state index < -0.39 is 32.5 Å². The Morgan fingerprint density at radius 2 is 1.57 bits per heavy atom. The predicted molar refractivity (Wildman–Crippen MR) is 130 cm³/mol. The summed E-state index contributed by atoms with van der Waals surface area (Å²) in [6.45, 7) is -0.601. The Labute approximate surface area is 204 Å². The lowest BCUT2D eigenvalue weighted by Gasteiger charge is -2.23. The van der Waals surface area contributed by atoms with Crippen LogP contribution in [0.25, 0.3) is 0 Å². The van der Waals surface area contributed by atoms with Crippen LogP contribution in [0.2, 0.25) is 0 Å². The van der Waals surface area contributed by atoms with Crippen LogP contribution in [0.15, 0.2) is 82.6 Å². The molecule has 0 saturated carbocycles. The molecular formula is C23H25N3O7S2. The highest BCUT2D eigenvalue weighted by molar-refractivity contribution is 7.89. The Kier molecular flexibility index (Phi) is 8.12. The molecule has 0 aliphatic carbocycles. The zero-order valence-corrected chi connectivity index (χ0v) is 20.7. The number of hydrogen-bond donors (Lipinski definition) is 2. The molecule has 10 nitrogen and oxygen atoms in total. The van der Waals surface area contributed by atoms with Gasteiger partial charge in [0.2, 0.25) is 26.0 Å². The molecule has 0 atom stereocenters. The third-order valence-corrected chi connectivity index (χ3v) is 7.72. The molecule has 0 unspecified atom stereocenters. The Bertz CT molecular complexity index is 1390. The zero-order valence-electron chi connectivity index (χ0n) is 19.0. The number of benzene rings is 3. The fourth-order valence-corrected chi connectivity index (χ4v) is 5.30.